The van der Waals surface area contributed by atoms with Crippen molar-refractivity contribution in [3.05, 3.63) is 52.5 Å². The van der Waals surface area contributed by atoms with Gasteiger partial charge in [0.15, 0.2) is 6.61 Å². The Bertz CT molecular complexity index is 732. The number of aryl methyl sites for hydroxylation is 1. The van der Waals surface area contributed by atoms with Crippen LogP contribution < -0.4 is 15.4 Å². The number of anilines is 2. The maximum Gasteiger partial charge on any atom is 0.262 e. The minimum atomic E-state index is -0.279. The summed E-state index contributed by atoms with van der Waals surface area (Å²) in [4.78, 5) is 23.1. The number of para-hydroxylation sites is 2. The van der Waals surface area contributed by atoms with Crippen LogP contribution in [-0.4, -0.2) is 18.4 Å². The van der Waals surface area contributed by atoms with E-state index in [4.69, 9.17) is 4.74 Å². The second-order valence-electron chi connectivity index (χ2n) is 4.98. The molecule has 0 aliphatic carbocycles. The molecule has 0 unspecified atom stereocenters. The molecule has 2 aromatic rings. The number of carbonyl (C=O) groups is 2. The molecule has 23 heavy (non-hydrogen) atoms. The zero-order valence-electron chi connectivity index (χ0n) is 12.9. The minimum absolute atomic E-state index is 0.151. The third-order valence-electron chi connectivity index (χ3n) is 3.01. The van der Waals surface area contributed by atoms with Crippen LogP contribution in [0.4, 0.5) is 11.4 Å². The number of carbonyl (C=O) groups excluding carboxylic acids is 2. The number of rotatable bonds is 5. The highest BCUT2D eigenvalue weighted by Crippen LogP contribution is 2.24. The zero-order chi connectivity index (χ0) is 16.8. The van der Waals surface area contributed by atoms with Gasteiger partial charge in [0.25, 0.3) is 5.91 Å². The van der Waals surface area contributed by atoms with E-state index in [-0.39, 0.29) is 18.4 Å². The zero-order valence-corrected chi connectivity index (χ0v) is 14.4. The number of amides is 2. The first-order valence-electron chi connectivity index (χ1n) is 7.01. The molecule has 0 fully saturated rings. The molecule has 0 saturated heterocycles. The Morgan fingerprint density at radius 1 is 1.13 bits per heavy atom. The predicted octanol–water partition coefficient (Wildman–Crippen LogP) is 3.73. The van der Waals surface area contributed by atoms with Crippen LogP contribution in [0.5, 0.6) is 5.75 Å². The van der Waals surface area contributed by atoms with Gasteiger partial charge in [0.05, 0.1) is 5.69 Å². The molecule has 0 radical (unpaired) electrons. The number of hydrogen-bond donors (Lipinski definition) is 2. The molecule has 0 atom stereocenters. The van der Waals surface area contributed by atoms with Crippen LogP contribution >= 0.6 is 15.9 Å². The van der Waals surface area contributed by atoms with Crippen LogP contribution in [0.3, 0.4) is 0 Å². The molecule has 5 nitrogen and oxygen atoms in total. The first kappa shape index (κ1) is 17.0. The molecular weight excluding hydrogens is 360 g/mol. The van der Waals surface area contributed by atoms with Crippen LogP contribution in [0.15, 0.2) is 46.9 Å². The number of halogens is 1. The molecule has 0 aliphatic heterocycles. The number of nitrogens with one attached hydrogen (secondary N) is 2. The topological polar surface area (TPSA) is 67.4 Å². The van der Waals surface area contributed by atoms with Gasteiger partial charge in [0.1, 0.15) is 5.75 Å². The van der Waals surface area contributed by atoms with Crippen molar-refractivity contribution in [3.63, 3.8) is 0 Å². The highest BCUT2D eigenvalue weighted by Gasteiger charge is 2.08. The predicted molar refractivity (Wildman–Crippen MR) is 93.7 cm³/mol. The van der Waals surface area contributed by atoms with Crippen LogP contribution in [0.2, 0.25) is 0 Å². The normalized spacial score (nSPS) is 10.0. The van der Waals surface area contributed by atoms with Crippen molar-refractivity contribution in [3.8, 4) is 5.75 Å². The maximum atomic E-state index is 12.0. The first-order valence-corrected chi connectivity index (χ1v) is 7.80. The van der Waals surface area contributed by atoms with E-state index in [0.29, 0.717) is 17.1 Å². The molecule has 0 aliphatic rings. The van der Waals surface area contributed by atoms with Gasteiger partial charge in [-0.3, -0.25) is 9.59 Å². The third-order valence-corrected chi connectivity index (χ3v) is 3.87. The maximum absolute atomic E-state index is 12.0. The molecule has 120 valence electrons. The lowest BCUT2D eigenvalue weighted by atomic mass is 10.2. The molecule has 0 saturated carbocycles. The Kier molecular flexibility index (Phi) is 5.76. The molecule has 0 heterocycles. The summed E-state index contributed by atoms with van der Waals surface area (Å²) in [5.41, 5.74) is 2.31. The number of ether oxygens (including phenoxy) is 1. The van der Waals surface area contributed by atoms with Gasteiger partial charge in [-0.25, -0.2) is 0 Å². The van der Waals surface area contributed by atoms with Gasteiger partial charge in [-0.1, -0.05) is 34.1 Å². The van der Waals surface area contributed by atoms with E-state index in [1.54, 1.807) is 24.3 Å². The van der Waals surface area contributed by atoms with Crippen LogP contribution in [0.1, 0.15) is 12.5 Å². The summed E-state index contributed by atoms with van der Waals surface area (Å²) in [5, 5.41) is 5.42. The van der Waals surface area contributed by atoms with Crippen LogP contribution in [0, 0.1) is 6.92 Å². The second-order valence-corrected chi connectivity index (χ2v) is 5.83. The Morgan fingerprint density at radius 3 is 2.57 bits per heavy atom. The van der Waals surface area contributed by atoms with Crippen molar-refractivity contribution in [1.29, 1.82) is 0 Å². The SMILES string of the molecule is CC(=O)Nc1ccccc1OCC(=O)Nc1ccc(C)c(Br)c1. The van der Waals surface area contributed by atoms with E-state index in [1.807, 2.05) is 25.1 Å². The summed E-state index contributed by atoms with van der Waals surface area (Å²) < 4.78 is 6.41. The van der Waals surface area contributed by atoms with Crippen molar-refractivity contribution in [2.75, 3.05) is 17.2 Å². The van der Waals surface area contributed by atoms with Crippen molar-refractivity contribution in [2.24, 2.45) is 0 Å². The van der Waals surface area contributed by atoms with E-state index in [1.165, 1.54) is 6.92 Å². The van der Waals surface area contributed by atoms with E-state index in [2.05, 4.69) is 26.6 Å². The van der Waals surface area contributed by atoms with Gasteiger partial charge in [-0.2, -0.15) is 0 Å². The largest absolute Gasteiger partial charge is 0.482 e. The average molecular weight is 377 g/mol. The highest BCUT2D eigenvalue weighted by atomic mass is 79.9. The fourth-order valence-corrected chi connectivity index (χ4v) is 2.28. The lowest BCUT2D eigenvalue weighted by Gasteiger charge is -2.12. The van der Waals surface area contributed by atoms with Gasteiger partial charge in [-0.15, -0.1) is 0 Å². The van der Waals surface area contributed by atoms with Gasteiger partial charge in [0.2, 0.25) is 5.91 Å². The Hall–Kier alpha value is -2.34. The third kappa shape index (κ3) is 5.10. The average Bonchev–Trinajstić information content (AvgIpc) is 2.49. The molecule has 2 amide bonds. The second kappa shape index (κ2) is 7.78. The van der Waals surface area contributed by atoms with Gasteiger partial charge < -0.3 is 15.4 Å². The summed E-state index contributed by atoms with van der Waals surface area (Å²) >= 11 is 3.42. The summed E-state index contributed by atoms with van der Waals surface area (Å²) in [7, 11) is 0. The molecule has 2 N–H and O–H groups in total. The van der Waals surface area contributed by atoms with Crippen molar-refractivity contribution >= 4 is 39.1 Å². The van der Waals surface area contributed by atoms with Gasteiger partial charge in [0, 0.05) is 17.1 Å². The molecule has 0 bridgehead atoms. The van der Waals surface area contributed by atoms with Gasteiger partial charge >= 0.3 is 0 Å². The highest BCUT2D eigenvalue weighted by molar-refractivity contribution is 9.10. The summed E-state index contributed by atoms with van der Waals surface area (Å²) in [6, 6.07) is 12.5. The van der Waals surface area contributed by atoms with E-state index in [9.17, 15) is 9.59 Å². The molecular formula is C17H17BrN2O3. The molecule has 2 rings (SSSR count). The van der Waals surface area contributed by atoms with Crippen molar-refractivity contribution in [2.45, 2.75) is 13.8 Å². The van der Waals surface area contributed by atoms with E-state index in [0.717, 1.165) is 10.0 Å². The van der Waals surface area contributed by atoms with Crippen LogP contribution in [-0.2, 0) is 9.59 Å². The van der Waals surface area contributed by atoms with Crippen molar-refractivity contribution in [1.82, 2.24) is 0 Å². The minimum Gasteiger partial charge on any atom is -0.482 e. The lowest BCUT2D eigenvalue weighted by molar-refractivity contribution is -0.118. The molecule has 2 aromatic carbocycles. The quantitative estimate of drug-likeness (QED) is 0.835. The van der Waals surface area contributed by atoms with Crippen LogP contribution in [0.25, 0.3) is 0 Å². The number of benzene rings is 2. The summed E-state index contributed by atoms with van der Waals surface area (Å²) in [6.07, 6.45) is 0. The smallest absolute Gasteiger partial charge is 0.262 e. The fourth-order valence-electron chi connectivity index (χ4n) is 1.90. The summed E-state index contributed by atoms with van der Waals surface area (Å²) in [6.45, 7) is 3.23. The fraction of sp³-hybridized carbons (Fsp3) is 0.176. The molecule has 6 heteroatoms. The lowest BCUT2D eigenvalue weighted by Crippen LogP contribution is -2.20. The molecule has 0 spiro atoms. The monoisotopic (exact) mass is 376 g/mol. The van der Waals surface area contributed by atoms with E-state index >= 15 is 0 Å². The Labute approximate surface area is 143 Å². The number of hydrogen-bond acceptors (Lipinski definition) is 3. The molecule has 0 aromatic heterocycles. The standard InChI is InChI=1S/C17H17BrN2O3/c1-11-7-8-13(9-14(11)18)20-17(22)10-23-16-6-4-3-5-15(16)19-12(2)21/h3-9H,10H2,1-2H3,(H,19,21)(H,20,22). The first-order chi connectivity index (χ1) is 11.0. The van der Waals surface area contributed by atoms with Gasteiger partial charge in [-0.05, 0) is 36.8 Å². The Morgan fingerprint density at radius 2 is 1.87 bits per heavy atom. The Balaban J connectivity index is 1.96. The summed E-state index contributed by atoms with van der Waals surface area (Å²) in [5.74, 6) is -0.0312. The van der Waals surface area contributed by atoms with E-state index < -0.39 is 0 Å². The van der Waals surface area contributed by atoms with Crippen molar-refractivity contribution < 1.29 is 14.3 Å².